The number of ether oxygens (including phenoxy) is 2. The van der Waals surface area contributed by atoms with Crippen molar-refractivity contribution in [1.29, 1.82) is 0 Å². The van der Waals surface area contributed by atoms with E-state index >= 15 is 0 Å². The van der Waals surface area contributed by atoms with Crippen molar-refractivity contribution in [3.8, 4) is 5.75 Å². The van der Waals surface area contributed by atoms with Crippen LogP contribution < -0.4 is 10.1 Å². The highest BCUT2D eigenvalue weighted by atomic mass is 16.6. The molecule has 9 heteroatoms. The van der Waals surface area contributed by atoms with Crippen molar-refractivity contribution in [3.05, 3.63) is 54.0 Å². The molecule has 4 heterocycles. The second-order valence-corrected chi connectivity index (χ2v) is 8.25. The first-order chi connectivity index (χ1) is 15.6. The summed E-state index contributed by atoms with van der Waals surface area (Å²) in [5.41, 5.74) is 1.69. The number of fused-ring (bicyclic) bond motifs is 2. The van der Waals surface area contributed by atoms with E-state index < -0.39 is 5.60 Å². The molecule has 166 valence electrons. The zero-order chi connectivity index (χ0) is 22.1. The van der Waals surface area contributed by atoms with Gasteiger partial charge in [0.25, 0.3) is 5.91 Å². The lowest BCUT2D eigenvalue weighted by Gasteiger charge is -2.46. The van der Waals surface area contributed by atoms with E-state index in [1.54, 1.807) is 36.5 Å². The molecule has 5 rings (SSSR count). The van der Waals surface area contributed by atoms with E-state index in [1.807, 2.05) is 18.2 Å². The molecular formula is C23H25N5O4. The second kappa shape index (κ2) is 8.14. The SMILES string of the molecule is CCOC(=O)N1CCC2(CC1)CC(NC(=O)c1cccc3cn[nH]c13)c1ccncc1O2. The van der Waals surface area contributed by atoms with Crippen molar-refractivity contribution in [2.45, 2.75) is 37.8 Å². The number of hydrogen-bond acceptors (Lipinski definition) is 6. The van der Waals surface area contributed by atoms with Crippen LogP contribution in [0.2, 0.25) is 0 Å². The normalized spacial score (nSPS) is 19.3. The zero-order valence-electron chi connectivity index (χ0n) is 17.8. The Morgan fingerprint density at radius 1 is 1.28 bits per heavy atom. The molecule has 0 radical (unpaired) electrons. The van der Waals surface area contributed by atoms with Gasteiger partial charge in [-0.05, 0) is 19.1 Å². The summed E-state index contributed by atoms with van der Waals surface area (Å²) in [4.78, 5) is 31.3. The lowest BCUT2D eigenvalue weighted by molar-refractivity contribution is -0.0236. The average Bonchev–Trinajstić information content (AvgIpc) is 3.28. The van der Waals surface area contributed by atoms with E-state index in [0.29, 0.717) is 55.8 Å². The molecule has 3 aromatic rings. The Labute approximate surface area is 185 Å². The molecule has 2 aliphatic heterocycles. The first-order valence-corrected chi connectivity index (χ1v) is 10.9. The van der Waals surface area contributed by atoms with E-state index in [1.165, 1.54) is 0 Å². The van der Waals surface area contributed by atoms with Crippen molar-refractivity contribution < 1.29 is 19.1 Å². The van der Waals surface area contributed by atoms with Gasteiger partial charge in [-0.3, -0.25) is 14.9 Å². The predicted octanol–water partition coefficient (Wildman–Crippen LogP) is 3.20. The highest BCUT2D eigenvalue weighted by Gasteiger charge is 2.44. The molecule has 2 amide bonds. The second-order valence-electron chi connectivity index (χ2n) is 8.25. The number of pyridine rings is 1. The van der Waals surface area contributed by atoms with Crippen molar-refractivity contribution >= 4 is 22.9 Å². The molecule has 9 nitrogen and oxygen atoms in total. The maximum atomic E-state index is 13.2. The fourth-order valence-corrected chi connectivity index (χ4v) is 4.66. The number of rotatable bonds is 3. The van der Waals surface area contributed by atoms with Crippen LogP contribution in [0, 0.1) is 0 Å². The minimum atomic E-state index is -0.475. The number of benzene rings is 1. The number of piperidine rings is 1. The van der Waals surface area contributed by atoms with Crippen molar-refractivity contribution in [1.82, 2.24) is 25.4 Å². The predicted molar refractivity (Wildman–Crippen MR) is 116 cm³/mol. The van der Waals surface area contributed by atoms with Gasteiger partial charge in [0, 0.05) is 49.5 Å². The molecule has 1 aromatic carbocycles. The summed E-state index contributed by atoms with van der Waals surface area (Å²) in [6.07, 6.45) is 6.74. The van der Waals surface area contributed by atoms with Crippen molar-refractivity contribution in [2.75, 3.05) is 19.7 Å². The van der Waals surface area contributed by atoms with Gasteiger partial charge in [-0.1, -0.05) is 12.1 Å². The number of carbonyl (C=O) groups is 2. The molecule has 1 saturated heterocycles. The average molecular weight is 435 g/mol. The summed E-state index contributed by atoms with van der Waals surface area (Å²) < 4.78 is 11.6. The van der Waals surface area contributed by atoms with Crippen LogP contribution in [0.3, 0.4) is 0 Å². The topological polar surface area (TPSA) is 109 Å². The molecule has 2 aromatic heterocycles. The molecule has 1 atom stereocenters. The minimum absolute atomic E-state index is 0.173. The third-order valence-electron chi connectivity index (χ3n) is 6.32. The lowest BCUT2D eigenvalue weighted by atomic mass is 9.81. The number of H-pyrrole nitrogens is 1. The molecule has 32 heavy (non-hydrogen) atoms. The van der Waals surface area contributed by atoms with Crippen molar-refractivity contribution in [3.63, 3.8) is 0 Å². The Morgan fingerprint density at radius 2 is 2.12 bits per heavy atom. The monoisotopic (exact) mass is 435 g/mol. The summed E-state index contributed by atoms with van der Waals surface area (Å²) in [6.45, 7) is 3.24. The number of amides is 2. The van der Waals surface area contributed by atoms with Gasteiger partial charge in [-0.2, -0.15) is 5.10 Å². The van der Waals surface area contributed by atoms with E-state index in [2.05, 4.69) is 20.5 Å². The van der Waals surface area contributed by atoms with Crippen LogP contribution in [0.4, 0.5) is 4.79 Å². The Bertz CT molecular complexity index is 1150. The van der Waals surface area contributed by atoms with Crippen LogP contribution in [0.5, 0.6) is 5.75 Å². The third-order valence-corrected chi connectivity index (χ3v) is 6.32. The van der Waals surface area contributed by atoms with Gasteiger partial charge in [-0.25, -0.2) is 4.79 Å². The van der Waals surface area contributed by atoms with Crippen molar-refractivity contribution in [2.24, 2.45) is 0 Å². The molecule has 1 spiro atoms. The van der Waals surface area contributed by atoms with Crippen LogP contribution in [0.15, 0.2) is 42.9 Å². The Morgan fingerprint density at radius 3 is 2.94 bits per heavy atom. The number of nitrogens with zero attached hydrogens (tertiary/aromatic N) is 3. The molecule has 1 fully saturated rings. The summed E-state index contributed by atoms with van der Waals surface area (Å²) in [5.74, 6) is 0.502. The summed E-state index contributed by atoms with van der Waals surface area (Å²) in [7, 11) is 0. The quantitative estimate of drug-likeness (QED) is 0.654. The minimum Gasteiger partial charge on any atom is -0.485 e. The van der Waals surface area contributed by atoms with E-state index in [9.17, 15) is 9.59 Å². The Balaban J connectivity index is 1.38. The van der Waals surface area contributed by atoms with Crippen LogP contribution in [0.25, 0.3) is 10.9 Å². The fourth-order valence-electron chi connectivity index (χ4n) is 4.66. The number of para-hydroxylation sites is 1. The maximum Gasteiger partial charge on any atom is 0.409 e. The number of likely N-dealkylation sites (tertiary alicyclic amines) is 1. The van der Waals surface area contributed by atoms with Gasteiger partial charge < -0.3 is 19.7 Å². The maximum absolute atomic E-state index is 13.2. The Hall–Kier alpha value is -3.62. The number of hydrogen-bond donors (Lipinski definition) is 2. The molecule has 0 aliphatic carbocycles. The molecule has 2 N–H and O–H groups in total. The lowest BCUT2D eigenvalue weighted by Crippen LogP contribution is -2.53. The summed E-state index contributed by atoms with van der Waals surface area (Å²) in [5, 5.41) is 11.1. The van der Waals surface area contributed by atoms with Gasteiger partial charge in [0.05, 0.1) is 36.1 Å². The van der Waals surface area contributed by atoms with Gasteiger partial charge in [0.15, 0.2) is 0 Å². The molecule has 2 aliphatic rings. The van der Waals surface area contributed by atoms with Crippen LogP contribution in [-0.2, 0) is 4.74 Å². The van der Waals surface area contributed by atoms with Gasteiger partial charge in [0.1, 0.15) is 11.4 Å². The summed E-state index contributed by atoms with van der Waals surface area (Å²) >= 11 is 0. The zero-order valence-corrected chi connectivity index (χ0v) is 17.8. The van der Waals surface area contributed by atoms with Gasteiger partial charge in [-0.15, -0.1) is 0 Å². The standard InChI is InChI=1S/C23H25N5O4/c1-2-31-22(30)28-10-7-23(8-11-28)12-18(16-6-9-24-14-19(16)32-23)26-21(29)17-5-3-4-15-13-25-27-20(15)17/h3-6,9,13-14,18H,2,7-8,10-12H2,1H3,(H,25,27)(H,26,29). The fraction of sp³-hybridized carbons (Fsp3) is 0.391. The first-order valence-electron chi connectivity index (χ1n) is 10.9. The number of carbonyl (C=O) groups excluding carboxylic acids is 2. The number of aromatic nitrogens is 3. The van der Waals surface area contributed by atoms with E-state index in [0.717, 1.165) is 10.9 Å². The highest BCUT2D eigenvalue weighted by Crippen LogP contribution is 2.44. The smallest absolute Gasteiger partial charge is 0.409 e. The Kier molecular flexibility index (Phi) is 5.16. The van der Waals surface area contributed by atoms with Crippen LogP contribution in [0.1, 0.15) is 48.1 Å². The molecule has 0 saturated carbocycles. The third kappa shape index (κ3) is 3.63. The van der Waals surface area contributed by atoms with E-state index in [4.69, 9.17) is 9.47 Å². The number of aromatic amines is 1. The molecule has 0 bridgehead atoms. The highest BCUT2D eigenvalue weighted by molar-refractivity contribution is 6.05. The van der Waals surface area contributed by atoms with E-state index in [-0.39, 0.29) is 18.0 Å². The van der Waals surface area contributed by atoms with Gasteiger partial charge in [0.2, 0.25) is 0 Å². The van der Waals surface area contributed by atoms with Gasteiger partial charge >= 0.3 is 6.09 Å². The number of nitrogens with one attached hydrogen (secondary N) is 2. The first kappa shape index (κ1) is 20.3. The summed E-state index contributed by atoms with van der Waals surface area (Å²) in [6, 6.07) is 7.20. The molecule has 1 unspecified atom stereocenters. The molecular weight excluding hydrogens is 410 g/mol. The largest absolute Gasteiger partial charge is 0.485 e. The van der Waals surface area contributed by atoms with Crippen LogP contribution >= 0.6 is 0 Å². The van der Waals surface area contributed by atoms with Crippen LogP contribution in [-0.4, -0.2) is 57.4 Å².